The Kier molecular flexibility index (Phi) is 8.28. The molecule has 0 aromatic heterocycles. The number of ether oxygens (including phenoxy) is 2. The fraction of sp³-hybridized carbons (Fsp3) is 0.167. The van der Waals surface area contributed by atoms with Crippen LogP contribution in [-0.4, -0.2) is 35.1 Å². The Morgan fingerprint density at radius 1 is 1.06 bits per heavy atom. The van der Waals surface area contributed by atoms with Gasteiger partial charge in [-0.05, 0) is 55.0 Å². The average Bonchev–Trinajstić information content (AvgIpc) is 2.82. The molecule has 0 saturated heterocycles. The van der Waals surface area contributed by atoms with Crippen molar-refractivity contribution in [3.63, 3.8) is 0 Å². The van der Waals surface area contributed by atoms with Gasteiger partial charge in [0.2, 0.25) is 0 Å². The highest BCUT2D eigenvalue weighted by Gasteiger charge is 2.29. The van der Waals surface area contributed by atoms with Gasteiger partial charge >= 0.3 is 0 Å². The van der Waals surface area contributed by atoms with Crippen LogP contribution >= 0.6 is 27.5 Å². The van der Waals surface area contributed by atoms with Crippen molar-refractivity contribution in [2.45, 2.75) is 11.8 Å². The Morgan fingerprint density at radius 3 is 2.44 bits per heavy atom. The van der Waals surface area contributed by atoms with E-state index in [1.807, 2.05) is 12.0 Å². The van der Waals surface area contributed by atoms with Crippen molar-refractivity contribution < 1.29 is 22.7 Å². The lowest BCUT2D eigenvalue weighted by Gasteiger charge is -2.27. The average molecular weight is 566 g/mol. The smallest absolute Gasteiger partial charge is 0.264 e. The van der Waals surface area contributed by atoms with Gasteiger partial charge in [0.25, 0.3) is 10.0 Å². The summed E-state index contributed by atoms with van der Waals surface area (Å²) in [5.41, 5.74) is 1.59. The maximum Gasteiger partial charge on any atom is 0.264 e. The zero-order chi connectivity index (χ0) is 24.9. The summed E-state index contributed by atoms with van der Waals surface area (Å²) >= 11 is 9.57. The molecule has 3 aromatic carbocycles. The molecule has 10 heteroatoms. The molecule has 0 aliphatic rings. The predicted molar refractivity (Wildman–Crippen MR) is 137 cm³/mol. The molecule has 0 radical (unpaired) electrons. The van der Waals surface area contributed by atoms with Crippen molar-refractivity contribution in [2.75, 3.05) is 30.4 Å². The van der Waals surface area contributed by atoms with Crippen LogP contribution in [-0.2, 0) is 14.8 Å². The molecule has 0 bridgehead atoms. The van der Waals surface area contributed by atoms with Crippen molar-refractivity contribution in [1.29, 1.82) is 0 Å². The van der Waals surface area contributed by atoms with Crippen LogP contribution in [0.2, 0.25) is 5.02 Å². The minimum absolute atomic E-state index is 0.0153. The van der Waals surface area contributed by atoms with E-state index in [1.165, 1.54) is 38.5 Å². The van der Waals surface area contributed by atoms with Crippen LogP contribution in [0.25, 0.3) is 0 Å². The topological polar surface area (TPSA) is 84.9 Å². The highest BCUT2D eigenvalue weighted by Crippen LogP contribution is 2.34. The second-order valence-corrected chi connectivity index (χ2v) is 10.4. The van der Waals surface area contributed by atoms with E-state index in [1.54, 1.807) is 37.3 Å². The summed E-state index contributed by atoms with van der Waals surface area (Å²) in [5, 5.41) is 3.30. The predicted octanol–water partition coefficient (Wildman–Crippen LogP) is 5.45. The highest BCUT2D eigenvalue weighted by molar-refractivity contribution is 9.10. The van der Waals surface area contributed by atoms with E-state index in [-0.39, 0.29) is 22.9 Å². The number of carbonyl (C=O) groups excluding carboxylic acids is 1. The molecule has 3 rings (SSSR count). The zero-order valence-electron chi connectivity index (χ0n) is 18.6. The molecular weight excluding hydrogens is 544 g/mol. The summed E-state index contributed by atoms with van der Waals surface area (Å²) in [6.07, 6.45) is 0. The molecule has 178 valence electrons. The first-order chi connectivity index (χ1) is 16.2. The Labute approximate surface area is 212 Å². The molecule has 1 N–H and O–H groups in total. The van der Waals surface area contributed by atoms with Gasteiger partial charge in [0.05, 0.1) is 31.3 Å². The first-order valence-corrected chi connectivity index (χ1v) is 12.6. The van der Waals surface area contributed by atoms with E-state index in [9.17, 15) is 13.2 Å². The van der Waals surface area contributed by atoms with Gasteiger partial charge in [0.15, 0.2) is 11.5 Å². The van der Waals surface area contributed by atoms with E-state index in [2.05, 4.69) is 21.2 Å². The Morgan fingerprint density at radius 2 is 1.79 bits per heavy atom. The van der Waals surface area contributed by atoms with Crippen molar-refractivity contribution in [2.24, 2.45) is 0 Å². The number of sulfonamides is 1. The monoisotopic (exact) mass is 564 g/mol. The SMILES string of the molecule is COc1ccc(S(=O)(=O)N(CC(=C=O)Nc2cccc(Br)c2)c2cc(Cl)ccc2C)cc1OC. The van der Waals surface area contributed by atoms with Crippen LogP contribution in [0.15, 0.2) is 75.7 Å². The number of nitrogens with zero attached hydrogens (tertiary/aromatic N) is 1. The summed E-state index contributed by atoms with van der Waals surface area (Å²) in [7, 11) is -1.29. The number of rotatable bonds is 9. The van der Waals surface area contributed by atoms with Gasteiger partial charge < -0.3 is 14.8 Å². The lowest BCUT2D eigenvalue weighted by Crippen LogP contribution is -2.35. The van der Waals surface area contributed by atoms with Crippen molar-refractivity contribution in [3.05, 3.63) is 81.4 Å². The Balaban J connectivity index is 2.10. The lowest BCUT2D eigenvalue weighted by atomic mass is 10.2. The van der Waals surface area contributed by atoms with Crippen molar-refractivity contribution in [3.8, 4) is 11.5 Å². The number of anilines is 2. The number of hydrogen-bond acceptors (Lipinski definition) is 6. The van der Waals surface area contributed by atoms with Gasteiger partial charge in [0.1, 0.15) is 11.6 Å². The number of nitrogens with one attached hydrogen (secondary N) is 1. The normalized spacial score (nSPS) is 10.9. The van der Waals surface area contributed by atoms with Crippen LogP contribution in [0.1, 0.15) is 5.56 Å². The third kappa shape index (κ3) is 5.74. The summed E-state index contributed by atoms with van der Waals surface area (Å²) in [5.74, 6) is 2.47. The van der Waals surface area contributed by atoms with Crippen LogP contribution in [0.5, 0.6) is 11.5 Å². The maximum absolute atomic E-state index is 13.8. The number of hydrogen-bond donors (Lipinski definition) is 1. The van der Waals surface area contributed by atoms with Crippen LogP contribution in [0.3, 0.4) is 0 Å². The minimum Gasteiger partial charge on any atom is -0.493 e. The molecule has 34 heavy (non-hydrogen) atoms. The number of benzene rings is 3. The summed E-state index contributed by atoms with van der Waals surface area (Å²) < 4.78 is 40.1. The Hall–Kier alpha value is -2.97. The van der Waals surface area contributed by atoms with Crippen molar-refractivity contribution in [1.82, 2.24) is 0 Å². The first kappa shape index (κ1) is 25.6. The second kappa shape index (κ2) is 11.0. The lowest BCUT2D eigenvalue weighted by molar-refractivity contribution is 0.354. The van der Waals surface area contributed by atoms with E-state index >= 15 is 0 Å². The van der Waals surface area contributed by atoms with Gasteiger partial charge in [0, 0.05) is 21.2 Å². The fourth-order valence-electron chi connectivity index (χ4n) is 3.24. The van der Waals surface area contributed by atoms with Crippen LogP contribution in [0.4, 0.5) is 11.4 Å². The summed E-state index contributed by atoms with van der Waals surface area (Å²) in [6.45, 7) is 1.45. The standard InChI is InChI=1S/C24H22BrClN2O5S/c1-16-7-8-18(26)12-22(16)28(14-20(15-29)27-19-6-4-5-17(25)11-19)34(30,31)21-9-10-23(32-2)24(13-21)33-3/h4-13,27H,14H2,1-3H3. The van der Waals surface area contributed by atoms with Gasteiger partial charge in [-0.2, -0.15) is 0 Å². The molecule has 0 atom stereocenters. The van der Waals surface area contributed by atoms with Crippen molar-refractivity contribution >= 4 is 54.9 Å². The van der Waals surface area contributed by atoms with Gasteiger partial charge in [-0.25, -0.2) is 13.2 Å². The highest BCUT2D eigenvalue weighted by atomic mass is 79.9. The molecule has 0 aliphatic heterocycles. The molecule has 0 spiro atoms. The molecule has 0 amide bonds. The third-order valence-electron chi connectivity index (χ3n) is 4.93. The van der Waals surface area contributed by atoms with Gasteiger partial charge in [-0.15, -0.1) is 0 Å². The molecule has 7 nitrogen and oxygen atoms in total. The Bertz CT molecular complexity index is 1360. The van der Waals surface area contributed by atoms with E-state index in [4.69, 9.17) is 21.1 Å². The largest absolute Gasteiger partial charge is 0.493 e. The van der Waals surface area contributed by atoms with Gasteiger partial charge in [-0.3, -0.25) is 4.31 Å². The number of halogens is 2. The summed E-state index contributed by atoms with van der Waals surface area (Å²) in [6, 6.07) is 16.3. The summed E-state index contributed by atoms with van der Waals surface area (Å²) in [4.78, 5) is 11.8. The quantitative estimate of drug-likeness (QED) is 0.347. The first-order valence-electron chi connectivity index (χ1n) is 9.97. The van der Waals surface area contributed by atoms with E-state index in [0.29, 0.717) is 27.7 Å². The number of aryl methyl sites for hydroxylation is 1. The van der Waals surface area contributed by atoms with Gasteiger partial charge in [-0.1, -0.05) is 39.7 Å². The molecule has 3 aromatic rings. The van der Waals surface area contributed by atoms with Crippen LogP contribution in [0, 0.1) is 6.92 Å². The molecule has 0 fully saturated rings. The molecular formula is C24H22BrClN2O5S. The molecule has 0 aliphatic carbocycles. The zero-order valence-corrected chi connectivity index (χ0v) is 21.8. The van der Waals surface area contributed by atoms with E-state index in [0.717, 1.165) is 8.78 Å². The second-order valence-electron chi connectivity index (χ2n) is 7.18. The third-order valence-corrected chi connectivity index (χ3v) is 7.41. The number of methoxy groups -OCH3 is 2. The molecule has 0 saturated carbocycles. The maximum atomic E-state index is 13.8. The van der Waals surface area contributed by atoms with E-state index < -0.39 is 10.0 Å². The fourth-order valence-corrected chi connectivity index (χ4v) is 5.31. The molecule has 0 unspecified atom stereocenters. The van der Waals surface area contributed by atoms with Crippen LogP contribution < -0.4 is 19.1 Å². The minimum atomic E-state index is -4.17. The molecule has 0 heterocycles.